The quantitative estimate of drug-likeness (QED) is 0.733. The Morgan fingerprint density at radius 1 is 1.64 bits per heavy atom. The van der Waals surface area contributed by atoms with Crippen molar-refractivity contribution in [2.75, 3.05) is 6.54 Å². The Labute approximate surface area is 84.7 Å². The van der Waals surface area contributed by atoms with Crippen molar-refractivity contribution >= 4 is 0 Å². The van der Waals surface area contributed by atoms with E-state index in [0.29, 0.717) is 19.4 Å². The van der Waals surface area contributed by atoms with E-state index >= 15 is 0 Å². The molecule has 1 rings (SSSR count). The lowest BCUT2D eigenvalue weighted by Crippen LogP contribution is -2.31. The summed E-state index contributed by atoms with van der Waals surface area (Å²) in [5.41, 5.74) is 6.72. The second-order valence-corrected chi connectivity index (χ2v) is 4.11. The molecule has 0 fully saturated rings. The second kappa shape index (κ2) is 4.11. The zero-order valence-electron chi connectivity index (χ0n) is 9.12. The molecule has 0 aromatic carbocycles. The van der Waals surface area contributed by atoms with E-state index in [2.05, 4.69) is 5.10 Å². The molecule has 4 nitrogen and oxygen atoms in total. The molecule has 80 valence electrons. The molecule has 1 heterocycles. The SMILES string of the molecule is Cc1cc(CC(C)(O)CCN)n(C)n1. The maximum Gasteiger partial charge on any atom is 0.0686 e. The number of hydrogen-bond donors (Lipinski definition) is 2. The fourth-order valence-electron chi connectivity index (χ4n) is 1.62. The zero-order chi connectivity index (χ0) is 10.8. The van der Waals surface area contributed by atoms with Crippen LogP contribution in [0, 0.1) is 6.92 Å². The minimum Gasteiger partial charge on any atom is -0.390 e. The third-order valence-electron chi connectivity index (χ3n) is 2.34. The largest absolute Gasteiger partial charge is 0.390 e. The number of aromatic nitrogens is 2. The number of aryl methyl sites for hydroxylation is 2. The molecule has 0 spiro atoms. The van der Waals surface area contributed by atoms with Crippen molar-refractivity contribution in [2.24, 2.45) is 12.8 Å². The first-order chi connectivity index (χ1) is 6.44. The standard InChI is InChI=1S/C10H19N3O/c1-8-6-9(13(3)12-8)7-10(2,14)4-5-11/h6,14H,4-5,7,11H2,1-3H3. The highest BCUT2D eigenvalue weighted by atomic mass is 16.3. The van der Waals surface area contributed by atoms with E-state index in [1.807, 2.05) is 27.0 Å². The Morgan fingerprint density at radius 3 is 2.71 bits per heavy atom. The summed E-state index contributed by atoms with van der Waals surface area (Å²) in [5, 5.41) is 14.2. The zero-order valence-corrected chi connectivity index (χ0v) is 9.12. The summed E-state index contributed by atoms with van der Waals surface area (Å²) in [6.45, 7) is 4.26. The fourth-order valence-corrected chi connectivity index (χ4v) is 1.62. The van der Waals surface area contributed by atoms with E-state index in [9.17, 15) is 5.11 Å². The summed E-state index contributed by atoms with van der Waals surface area (Å²) >= 11 is 0. The highest BCUT2D eigenvalue weighted by molar-refractivity contribution is 5.11. The van der Waals surface area contributed by atoms with Crippen LogP contribution in [0.3, 0.4) is 0 Å². The van der Waals surface area contributed by atoms with Crippen molar-refractivity contribution < 1.29 is 5.11 Å². The minimum atomic E-state index is -0.727. The van der Waals surface area contributed by atoms with Crippen molar-refractivity contribution in [3.05, 3.63) is 17.5 Å². The first kappa shape index (κ1) is 11.2. The van der Waals surface area contributed by atoms with Crippen molar-refractivity contribution in [1.29, 1.82) is 0 Å². The smallest absolute Gasteiger partial charge is 0.0686 e. The predicted octanol–water partition coefficient (Wildman–Crippen LogP) is 0.371. The van der Waals surface area contributed by atoms with E-state index in [1.54, 1.807) is 4.68 Å². The Hall–Kier alpha value is -0.870. The Balaban J connectivity index is 2.72. The molecule has 4 heteroatoms. The first-order valence-electron chi connectivity index (χ1n) is 4.86. The summed E-state index contributed by atoms with van der Waals surface area (Å²) < 4.78 is 1.81. The van der Waals surface area contributed by atoms with E-state index in [1.165, 1.54) is 0 Å². The topological polar surface area (TPSA) is 64.1 Å². The summed E-state index contributed by atoms with van der Waals surface area (Å²) in [7, 11) is 1.89. The maximum atomic E-state index is 9.98. The molecule has 1 aromatic rings. The molecule has 14 heavy (non-hydrogen) atoms. The van der Waals surface area contributed by atoms with Gasteiger partial charge in [-0.2, -0.15) is 5.10 Å². The lowest BCUT2D eigenvalue weighted by atomic mass is 9.96. The molecule has 0 radical (unpaired) electrons. The lowest BCUT2D eigenvalue weighted by Gasteiger charge is -2.22. The highest BCUT2D eigenvalue weighted by Gasteiger charge is 2.21. The molecule has 1 unspecified atom stereocenters. The van der Waals surface area contributed by atoms with Crippen LogP contribution in [0.15, 0.2) is 6.07 Å². The normalized spacial score (nSPS) is 15.5. The lowest BCUT2D eigenvalue weighted by molar-refractivity contribution is 0.0520. The van der Waals surface area contributed by atoms with Crippen molar-refractivity contribution in [3.8, 4) is 0 Å². The molecule has 0 aliphatic heterocycles. The summed E-state index contributed by atoms with van der Waals surface area (Å²) in [5.74, 6) is 0. The van der Waals surface area contributed by atoms with Crippen molar-refractivity contribution in [2.45, 2.75) is 32.3 Å². The van der Waals surface area contributed by atoms with E-state index in [0.717, 1.165) is 11.4 Å². The average Bonchev–Trinajstić information content (AvgIpc) is 2.28. The Kier molecular flexibility index (Phi) is 3.29. The second-order valence-electron chi connectivity index (χ2n) is 4.11. The number of nitrogens with two attached hydrogens (primary N) is 1. The van der Waals surface area contributed by atoms with Gasteiger partial charge in [-0.05, 0) is 32.9 Å². The molecule has 1 aromatic heterocycles. The molecule has 0 saturated heterocycles. The van der Waals surface area contributed by atoms with Gasteiger partial charge in [-0.1, -0.05) is 0 Å². The predicted molar refractivity (Wildman–Crippen MR) is 55.9 cm³/mol. The van der Waals surface area contributed by atoms with Crippen LogP contribution in [0.4, 0.5) is 0 Å². The summed E-state index contributed by atoms with van der Waals surface area (Å²) in [6, 6.07) is 1.99. The third-order valence-corrected chi connectivity index (χ3v) is 2.34. The molecule has 0 aliphatic carbocycles. The minimum absolute atomic E-state index is 0.504. The van der Waals surface area contributed by atoms with Crippen LogP contribution in [0.5, 0.6) is 0 Å². The molecule has 0 bridgehead atoms. The van der Waals surface area contributed by atoms with Gasteiger partial charge >= 0.3 is 0 Å². The highest BCUT2D eigenvalue weighted by Crippen LogP contribution is 2.16. The molecular weight excluding hydrogens is 178 g/mol. The van der Waals surface area contributed by atoms with Crippen LogP contribution in [-0.4, -0.2) is 27.0 Å². The van der Waals surface area contributed by atoms with Crippen LogP contribution >= 0.6 is 0 Å². The number of aliphatic hydroxyl groups is 1. The molecule has 0 saturated carbocycles. The Morgan fingerprint density at radius 2 is 2.29 bits per heavy atom. The van der Waals surface area contributed by atoms with Gasteiger partial charge in [0.1, 0.15) is 0 Å². The van der Waals surface area contributed by atoms with Gasteiger partial charge in [0.25, 0.3) is 0 Å². The first-order valence-corrected chi connectivity index (χ1v) is 4.86. The van der Waals surface area contributed by atoms with Gasteiger partial charge in [-0.15, -0.1) is 0 Å². The van der Waals surface area contributed by atoms with Crippen molar-refractivity contribution in [1.82, 2.24) is 9.78 Å². The van der Waals surface area contributed by atoms with Crippen LogP contribution in [0.25, 0.3) is 0 Å². The molecule has 0 aliphatic rings. The van der Waals surface area contributed by atoms with Crippen LogP contribution in [0.2, 0.25) is 0 Å². The van der Waals surface area contributed by atoms with Gasteiger partial charge in [0.05, 0.1) is 11.3 Å². The van der Waals surface area contributed by atoms with Crippen LogP contribution < -0.4 is 5.73 Å². The van der Waals surface area contributed by atoms with Gasteiger partial charge in [-0.3, -0.25) is 4.68 Å². The third kappa shape index (κ3) is 2.82. The van der Waals surface area contributed by atoms with Gasteiger partial charge in [0.15, 0.2) is 0 Å². The summed E-state index contributed by atoms with van der Waals surface area (Å²) in [6.07, 6.45) is 1.21. The number of hydrogen-bond acceptors (Lipinski definition) is 3. The Bertz CT molecular complexity index is 304. The van der Waals surface area contributed by atoms with Gasteiger partial charge < -0.3 is 10.8 Å². The van der Waals surface area contributed by atoms with E-state index in [-0.39, 0.29) is 0 Å². The average molecular weight is 197 g/mol. The fraction of sp³-hybridized carbons (Fsp3) is 0.700. The molecular formula is C10H19N3O. The van der Waals surface area contributed by atoms with Gasteiger partial charge in [0.2, 0.25) is 0 Å². The van der Waals surface area contributed by atoms with Crippen molar-refractivity contribution in [3.63, 3.8) is 0 Å². The van der Waals surface area contributed by atoms with E-state index in [4.69, 9.17) is 5.73 Å². The van der Waals surface area contributed by atoms with Gasteiger partial charge in [-0.25, -0.2) is 0 Å². The molecule has 1 atom stereocenters. The number of rotatable bonds is 4. The number of nitrogens with zero attached hydrogens (tertiary/aromatic N) is 2. The maximum absolute atomic E-state index is 9.98. The molecule has 0 amide bonds. The molecule has 3 N–H and O–H groups in total. The van der Waals surface area contributed by atoms with Crippen LogP contribution in [0.1, 0.15) is 24.7 Å². The monoisotopic (exact) mass is 197 g/mol. The van der Waals surface area contributed by atoms with Crippen LogP contribution in [-0.2, 0) is 13.5 Å². The summed E-state index contributed by atoms with van der Waals surface area (Å²) in [4.78, 5) is 0. The van der Waals surface area contributed by atoms with E-state index < -0.39 is 5.60 Å². The van der Waals surface area contributed by atoms with Gasteiger partial charge in [0, 0.05) is 19.2 Å².